The number of aliphatic hydroxyl groups is 1. The zero-order valence-corrected chi connectivity index (χ0v) is 10.2. The van der Waals surface area contributed by atoms with E-state index in [9.17, 15) is 5.11 Å². The molecule has 18 heavy (non-hydrogen) atoms. The number of anilines is 1. The van der Waals surface area contributed by atoms with Gasteiger partial charge in [0.05, 0.1) is 18.1 Å². The Balaban J connectivity index is 1.99. The Labute approximate surface area is 104 Å². The number of nitrogens with zero attached hydrogens (tertiary/aromatic N) is 3. The molecule has 0 bridgehead atoms. The van der Waals surface area contributed by atoms with Crippen LogP contribution in [0.5, 0.6) is 0 Å². The molecule has 1 fully saturated rings. The summed E-state index contributed by atoms with van der Waals surface area (Å²) in [6, 6.07) is 1.89. The molecule has 0 saturated carbocycles. The Morgan fingerprint density at radius 1 is 1.56 bits per heavy atom. The molecule has 0 radical (unpaired) electrons. The third-order valence-corrected chi connectivity index (χ3v) is 3.57. The smallest absolute Gasteiger partial charge is 0.147 e. The van der Waals surface area contributed by atoms with E-state index in [4.69, 9.17) is 10.5 Å². The first-order chi connectivity index (χ1) is 8.70. The standard InChI is InChI=1S/C12H16N4O2/c1-7-4-10(18-9(7)5-17)16-3-2-8-11(13)14-6-15-12(8)16/h2-3,6-7,9-10,17H,4-5H2,1H3,(H2,13,14,15)/t7?,9-,10-/m1/s1. The fourth-order valence-corrected chi connectivity index (χ4v) is 2.49. The lowest BCUT2D eigenvalue weighted by Crippen LogP contribution is -2.18. The molecule has 1 saturated heterocycles. The summed E-state index contributed by atoms with van der Waals surface area (Å²) in [7, 11) is 0. The predicted octanol–water partition coefficient (Wildman–Crippen LogP) is 0.929. The highest BCUT2D eigenvalue weighted by Crippen LogP contribution is 2.35. The molecule has 3 rings (SSSR count). The second-order valence-electron chi connectivity index (χ2n) is 4.74. The third-order valence-electron chi connectivity index (χ3n) is 3.57. The molecule has 1 aliphatic rings. The van der Waals surface area contributed by atoms with Crippen LogP contribution in [0.3, 0.4) is 0 Å². The molecule has 1 unspecified atom stereocenters. The first kappa shape index (κ1) is 11.4. The molecule has 0 aliphatic carbocycles. The summed E-state index contributed by atoms with van der Waals surface area (Å²) in [6.45, 7) is 2.13. The van der Waals surface area contributed by atoms with Crippen LogP contribution in [0.25, 0.3) is 11.0 Å². The van der Waals surface area contributed by atoms with Gasteiger partial charge in [-0.2, -0.15) is 0 Å². The van der Waals surface area contributed by atoms with Crippen molar-refractivity contribution in [2.75, 3.05) is 12.3 Å². The molecular formula is C12H16N4O2. The van der Waals surface area contributed by atoms with Crippen molar-refractivity contribution in [2.24, 2.45) is 5.92 Å². The van der Waals surface area contributed by atoms with Gasteiger partial charge in [-0.1, -0.05) is 6.92 Å². The molecule has 3 heterocycles. The van der Waals surface area contributed by atoms with E-state index < -0.39 is 0 Å². The van der Waals surface area contributed by atoms with Crippen LogP contribution < -0.4 is 5.73 Å². The number of hydrogen-bond donors (Lipinski definition) is 2. The molecule has 0 amide bonds. The molecule has 3 N–H and O–H groups in total. The first-order valence-corrected chi connectivity index (χ1v) is 6.04. The maximum Gasteiger partial charge on any atom is 0.147 e. The van der Waals surface area contributed by atoms with Crippen LogP contribution in [0.15, 0.2) is 18.6 Å². The van der Waals surface area contributed by atoms with Crippen molar-refractivity contribution in [1.82, 2.24) is 14.5 Å². The number of fused-ring (bicyclic) bond motifs is 1. The zero-order chi connectivity index (χ0) is 12.7. The van der Waals surface area contributed by atoms with E-state index in [-0.39, 0.29) is 18.9 Å². The Morgan fingerprint density at radius 3 is 3.11 bits per heavy atom. The Bertz CT molecular complexity index is 568. The molecule has 6 heteroatoms. The number of nitrogen functional groups attached to an aromatic ring is 1. The average Bonchev–Trinajstić information content (AvgIpc) is 2.93. The van der Waals surface area contributed by atoms with Crippen LogP contribution in [0.1, 0.15) is 19.6 Å². The summed E-state index contributed by atoms with van der Waals surface area (Å²) >= 11 is 0. The van der Waals surface area contributed by atoms with Crippen LogP contribution in [0, 0.1) is 5.92 Å². The van der Waals surface area contributed by atoms with Crippen LogP contribution in [0.4, 0.5) is 5.82 Å². The minimum absolute atomic E-state index is 0.0496. The lowest BCUT2D eigenvalue weighted by Gasteiger charge is -2.14. The summed E-state index contributed by atoms with van der Waals surface area (Å²) in [4.78, 5) is 8.22. The van der Waals surface area contributed by atoms with E-state index in [0.29, 0.717) is 11.7 Å². The van der Waals surface area contributed by atoms with Gasteiger partial charge in [0.25, 0.3) is 0 Å². The van der Waals surface area contributed by atoms with Crippen LogP contribution >= 0.6 is 0 Å². The van der Waals surface area contributed by atoms with Crippen molar-refractivity contribution >= 4 is 16.9 Å². The van der Waals surface area contributed by atoms with Crippen LogP contribution in [-0.4, -0.2) is 32.4 Å². The van der Waals surface area contributed by atoms with Crippen molar-refractivity contribution in [2.45, 2.75) is 25.7 Å². The fraction of sp³-hybridized carbons (Fsp3) is 0.500. The van der Waals surface area contributed by atoms with E-state index in [1.54, 1.807) is 0 Å². The van der Waals surface area contributed by atoms with Gasteiger partial charge in [-0.05, 0) is 18.4 Å². The number of aromatic nitrogens is 3. The highest BCUT2D eigenvalue weighted by atomic mass is 16.5. The SMILES string of the molecule is CC1C[C@H](n2ccc3c(N)ncnc32)O[C@@H]1CO. The van der Waals surface area contributed by atoms with Crippen molar-refractivity contribution < 1.29 is 9.84 Å². The van der Waals surface area contributed by atoms with E-state index in [1.165, 1.54) is 6.33 Å². The van der Waals surface area contributed by atoms with Gasteiger partial charge in [-0.3, -0.25) is 0 Å². The molecule has 2 aromatic rings. The number of hydrogen-bond acceptors (Lipinski definition) is 5. The summed E-state index contributed by atoms with van der Waals surface area (Å²) in [5, 5.41) is 10.1. The monoisotopic (exact) mass is 248 g/mol. The Hall–Kier alpha value is -1.66. The van der Waals surface area contributed by atoms with Gasteiger partial charge in [0, 0.05) is 6.20 Å². The second kappa shape index (κ2) is 4.22. The molecule has 0 spiro atoms. The molecule has 96 valence electrons. The normalized spacial score (nSPS) is 28.0. The minimum Gasteiger partial charge on any atom is -0.394 e. The van der Waals surface area contributed by atoms with E-state index in [0.717, 1.165) is 17.5 Å². The van der Waals surface area contributed by atoms with Gasteiger partial charge >= 0.3 is 0 Å². The van der Waals surface area contributed by atoms with Gasteiger partial charge in [-0.25, -0.2) is 9.97 Å². The van der Waals surface area contributed by atoms with Crippen molar-refractivity contribution in [3.8, 4) is 0 Å². The Kier molecular flexibility index (Phi) is 2.68. The maximum atomic E-state index is 9.23. The van der Waals surface area contributed by atoms with Gasteiger partial charge in [0.15, 0.2) is 0 Å². The maximum absolute atomic E-state index is 9.23. The van der Waals surface area contributed by atoms with Gasteiger partial charge < -0.3 is 20.1 Å². The number of aliphatic hydroxyl groups excluding tert-OH is 1. The van der Waals surface area contributed by atoms with E-state index in [1.807, 2.05) is 16.8 Å². The molecular weight excluding hydrogens is 232 g/mol. The summed E-state index contributed by atoms with van der Waals surface area (Å²) < 4.78 is 7.78. The van der Waals surface area contributed by atoms with Gasteiger partial charge in [-0.15, -0.1) is 0 Å². The van der Waals surface area contributed by atoms with Gasteiger partial charge in [0.1, 0.15) is 24.0 Å². The quantitative estimate of drug-likeness (QED) is 0.825. The minimum atomic E-state index is -0.105. The first-order valence-electron chi connectivity index (χ1n) is 6.04. The highest BCUT2D eigenvalue weighted by Gasteiger charge is 2.33. The van der Waals surface area contributed by atoms with Crippen LogP contribution in [0.2, 0.25) is 0 Å². The largest absolute Gasteiger partial charge is 0.394 e. The van der Waals surface area contributed by atoms with Crippen molar-refractivity contribution in [3.05, 3.63) is 18.6 Å². The third kappa shape index (κ3) is 1.65. The summed E-state index contributed by atoms with van der Waals surface area (Å²) in [6.07, 6.45) is 4.03. The summed E-state index contributed by atoms with van der Waals surface area (Å²) in [5.41, 5.74) is 6.58. The molecule has 0 aromatic carbocycles. The summed E-state index contributed by atoms with van der Waals surface area (Å²) in [5.74, 6) is 0.806. The molecule has 1 aliphatic heterocycles. The lowest BCUT2D eigenvalue weighted by molar-refractivity contribution is -0.0275. The highest BCUT2D eigenvalue weighted by molar-refractivity contribution is 5.86. The average molecular weight is 248 g/mol. The Morgan fingerprint density at radius 2 is 2.39 bits per heavy atom. The zero-order valence-electron chi connectivity index (χ0n) is 10.2. The van der Waals surface area contributed by atoms with Crippen molar-refractivity contribution in [1.29, 1.82) is 0 Å². The topological polar surface area (TPSA) is 86.2 Å². The second-order valence-corrected chi connectivity index (χ2v) is 4.74. The van der Waals surface area contributed by atoms with Gasteiger partial charge in [0.2, 0.25) is 0 Å². The number of ether oxygens (including phenoxy) is 1. The molecule has 2 aromatic heterocycles. The number of nitrogens with two attached hydrogens (primary N) is 1. The molecule has 6 nitrogen and oxygen atoms in total. The lowest BCUT2D eigenvalue weighted by atomic mass is 10.0. The van der Waals surface area contributed by atoms with E-state index in [2.05, 4.69) is 16.9 Å². The predicted molar refractivity (Wildman–Crippen MR) is 66.7 cm³/mol. The van der Waals surface area contributed by atoms with Crippen molar-refractivity contribution in [3.63, 3.8) is 0 Å². The molecule has 3 atom stereocenters. The number of rotatable bonds is 2. The fourth-order valence-electron chi connectivity index (χ4n) is 2.49. The van der Waals surface area contributed by atoms with E-state index >= 15 is 0 Å². The van der Waals surface area contributed by atoms with Crippen LogP contribution in [-0.2, 0) is 4.74 Å².